The highest BCUT2D eigenvalue weighted by Crippen LogP contribution is 2.24. The quantitative estimate of drug-likeness (QED) is 0.736. The Hall–Kier alpha value is -0.710. The van der Waals surface area contributed by atoms with Crippen LogP contribution in [0.5, 0.6) is 0 Å². The smallest absolute Gasteiger partial charge is 0.0983 e. The average molecular weight is 294 g/mol. The number of hydrogen-bond donors (Lipinski definition) is 1. The Morgan fingerprint density at radius 3 is 2.84 bits per heavy atom. The van der Waals surface area contributed by atoms with E-state index in [4.69, 9.17) is 4.98 Å². The highest BCUT2D eigenvalue weighted by Gasteiger charge is 2.11. The van der Waals surface area contributed by atoms with E-state index in [1.54, 1.807) is 0 Å². The maximum Gasteiger partial charge on any atom is 0.0983 e. The highest BCUT2D eigenvalue weighted by molar-refractivity contribution is 7.12. The lowest BCUT2D eigenvalue weighted by molar-refractivity contribution is 0.674. The number of hydrogen-bond acceptors (Lipinski definition) is 4. The van der Waals surface area contributed by atoms with Gasteiger partial charge in [-0.05, 0) is 30.8 Å². The van der Waals surface area contributed by atoms with Crippen LogP contribution in [-0.4, -0.2) is 11.5 Å². The zero-order chi connectivity index (χ0) is 13.5. The van der Waals surface area contributed by atoms with Crippen LogP contribution in [0.25, 0.3) is 0 Å². The minimum Gasteiger partial charge on any atom is -0.312 e. The van der Waals surface area contributed by atoms with Gasteiger partial charge >= 0.3 is 0 Å². The third-order valence-corrected chi connectivity index (χ3v) is 4.90. The van der Waals surface area contributed by atoms with Gasteiger partial charge in [-0.15, -0.1) is 22.7 Å². The summed E-state index contributed by atoms with van der Waals surface area (Å²) in [5.41, 5.74) is 1.31. The van der Waals surface area contributed by atoms with E-state index in [1.807, 2.05) is 22.7 Å². The Morgan fingerprint density at radius 2 is 2.16 bits per heavy atom. The van der Waals surface area contributed by atoms with E-state index < -0.39 is 0 Å². The SMILES string of the molecule is CCCNCc1sc(Cc2cccs2)nc1CCC. The molecule has 2 rings (SSSR count). The summed E-state index contributed by atoms with van der Waals surface area (Å²) in [6.45, 7) is 6.49. The fourth-order valence-electron chi connectivity index (χ4n) is 2.02. The Bertz CT molecular complexity index is 474. The van der Waals surface area contributed by atoms with Crippen molar-refractivity contribution in [2.45, 2.75) is 46.1 Å². The average Bonchev–Trinajstić information content (AvgIpc) is 3.02. The number of thiophene rings is 1. The molecule has 19 heavy (non-hydrogen) atoms. The molecule has 0 aromatic carbocycles. The van der Waals surface area contributed by atoms with Crippen molar-refractivity contribution in [3.05, 3.63) is 38.0 Å². The van der Waals surface area contributed by atoms with Gasteiger partial charge in [-0.25, -0.2) is 4.98 Å². The molecule has 0 fully saturated rings. The van der Waals surface area contributed by atoms with E-state index in [0.717, 1.165) is 25.9 Å². The molecule has 1 N–H and O–H groups in total. The van der Waals surface area contributed by atoms with Gasteiger partial charge in [0, 0.05) is 22.7 Å². The first kappa shape index (κ1) is 14.7. The van der Waals surface area contributed by atoms with Crippen LogP contribution in [0.4, 0.5) is 0 Å². The second-order valence-electron chi connectivity index (χ2n) is 4.66. The molecule has 0 radical (unpaired) electrons. The van der Waals surface area contributed by atoms with Gasteiger partial charge in [0.2, 0.25) is 0 Å². The van der Waals surface area contributed by atoms with Crippen molar-refractivity contribution in [2.24, 2.45) is 0 Å². The van der Waals surface area contributed by atoms with Gasteiger partial charge in [0.25, 0.3) is 0 Å². The third-order valence-electron chi connectivity index (χ3n) is 2.93. The molecule has 0 aliphatic carbocycles. The summed E-state index contributed by atoms with van der Waals surface area (Å²) in [6, 6.07) is 4.31. The third kappa shape index (κ3) is 4.41. The monoisotopic (exact) mass is 294 g/mol. The van der Waals surface area contributed by atoms with Crippen molar-refractivity contribution >= 4 is 22.7 Å². The molecule has 0 saturated carbocycles. The minimum atomic E-state index is 0.977. The molecule has 2 heterocycles. The van der Waals surface area contributed by atoms with E-state index in [1.165, 1.54) is 33.3 Å². The van der Waals surface area contributed by atoms with Gasteiger partial charge in [-0.2, -0.15) is 0 Å². The van der Waals surface area contributed by atoms with Gasteiger partial charge in [-0.3, -0.25) is 0 Å². The summed E-state index contributed by atoms with van der Waals surface area (Å²) < 4.78 is 0. The molecule has 0 aliphatic rings. The number of nitrogens with zero attached hydrogens (tertiary/aromatic N) is 1. The maximum absolute atomic E-state index is 4.84. The predicted octanol–water partition coefficient (Wildman–Crippen LogP) is 4.25. The standard InChI is InChI=1S/C15H22N2S2/c1-3-6-13-14(11-16-8-4-2)19-15(17-13)10-12-7-5-9-18-12/h5,7,9,16H,3-4,6,8,10-11H2,1-2H3. The molecule has 0 bridgehead atoms. The molecule has 0 amide bonds. The topological polar surface area (TPSA) is 24.9 Å². The lowest BCUT2D eigenvalue weighted by Gasteiger charge is -2.02. The van der Waals surface area contributed by atoms with Crippen LogP contribution in [0.1, 0.15) is 47.1 Å². The lowest BCUT2D eigenvalue weighted by Crippen LogP contribution is -2.13. The lowest BCUT2D eigenvalue weighted by atomic mass is 10.2. The van der Waals surface area contributed by atoms with E-state index in [-0.39, 0.29) is 0 Å². The summed E-state index contributed by atoms with van der Waals surface area (Å²) in [5, 5.41) is 6.90. The first-order valence-electron chi connectivity index (χ1n) is 7.04. The van der Waals surface area contributed by atoms with Crippen LogP contribution in [-0.2, 0) is 19.4 Å². The molecule has 0 atom stereocenters. The number of aromatic nitrogens is 1. The summed E-state index contributed by atoms with van der Waals surface area (Å²) >= 11 is 3.70. The van der Waals surface area contributed by atoms with Gasteiger partial charge in [0.15, 0.2) is 0 Å². The highest BCUT2D eigenvalue weighted by atomic mass is 32.1. The zero-order valence-corrected chi connectivity index (χ0v) is 13.4. The Kier molecular flexibility index (Phi) is 6.01. The molecular formula is C15H22N2S2. The fourth-order valence-corrected chi connectivity index (χ4v) is 3.93. The number of rotatable bonds is 8. The molecule has 0 spiro atoms. The van der Waals surface area contributed by atoms with Crippen LogP contribution in [0.3, 0.4) is 0 Å². The predicted molar refractivity (Wildman–Crippen MR) is 85.2 cm³/mol. The fraction of sp³-hybridized carbons (Fsp3) is 0.533. The molecule has 2 nitrogen and oxygen atoms in total. The first-order chi connectivity index (χ1) is 9.33. The summed E-state index contributed by atoms with van der Waals surface area (Å²) in [7, 11) is 0. The number of aryl methyl sites for hydroxylation is 1. The van der Waals surface area contributed by atoms with E-state index in [9.17, 15) is 0 Å². The second kappa shape index (κ2) is 7.78. The van der Waals surface area contributed by atoms with Crippen LogP contribution < -0.4 is 5.32 Å². The van der Waals surface area contributed by atoms with Crippen molar-refractivity contribution in [1.29, 1.82) is 0 Å². The molecular weight excluding hydrogens is 272 g/mol. The minimum absolute atomic E-state index is 0.977. The van der Waals surface area contributed by atoms with Crippen molar-refractivity contribution in [1.82, 2.24) is 10.3 Å². The number of thiazole rings is 1. The molecule has 2 aromatic rings. The van der Waals surface area contributed by atoms with E-state index >= 15 is 0 Å². The zero-order valence-electron chi connectivity index (χ0n) is 11.7. The largest absolute Gasteiger partial charge is 0.312 e. The van der Waals surface area contributed by atoms with Crippen LogP contribution in [0.2, 0.25) is 0 Å². The van der Waals surface area contributed by atoms with Gasteiger partial charge in [0.1, 0.15) is 0 Å². The van der Waals surface area contributed by atoms with Crippen molar-refractivity contribution in [3.63, 3.8) is 0 Å². The molecule has 104 valence electrons. The summed E-state index contributed by atoms with van der Waals surface area (Å²) in [6.07, 6.45) is 4.45. The molecule has 0 unspecified atom stereocenters. The molecule has 0 saturated heterocycles. The van der Waals surface area contributed by atoms with Crippen LogP contribution in [0, 0.1) is 0 Å². The maximum atomic E-state index is 4.84. The first-order valence-corrected chi connectivity index (χ1v) is 8.73. The van der Waals surface area contributed by atoms with Crippen LogP contribution >= 0.6 is 22.7 Å². The van der Waals surface area contributed by atoms with Crippen LogP contribution in [0.15, 0.2) is 17.5 Å². The normalized spacial score (nSPS) is 11.1. The Balaban J connectivity index is 2.05. The Morgan fingerprint density at radius 1 is 1.26 bits per heavy atom. The van der Waals surface area contributed by atoms with Crippen molar-refractivity contribution < 1.29 is 0 Å². The van der Waals surface area contributed by atoms with E-state index in [2.05, 4.69) is 36.7 Å². The molecule has 0 aliphatic heterocycles. The number of nitrogens with one attached hydrogen (secondary N) is 1. The van der Waals surface area contributed by atoms with Gasteiger partial charge in [-0.1, -0.05) is 26.3 Å². The second-order valence-corrected chi connectivity index (χ2v) is 6.86. The van der Waals surface area contributed by atoms with E-state index in [0.29, 0.717) is 0 Å². The molecule has 4 heteroatoms. The van der Waals surface area contributed by atoms with Gasteiger partial charge in [0.05, 0.1) is 10.7 Å². The van der Waals surface area contributed by atoms with Crippen molar-refractivity contribution in [2.75, 3.05) is 6.54 Å². The summed E-state index contributed by atoms with van der Waals surface area (Å²) in [5.74, 6) is 0. The van der Waals surface area contributed by atoms with Crippen molar-refractivity contribution in [3.8, 4) is 0 Å². The Labute approximate surface area is 123 Å². The van der Waals surface area contributed by atoms with Gasteiger partial charge < -0.3 is 5.32 Å². The molecule has 2 aromatic heterocycles. The summed E-state index contributed by atoms with van der Waals surface area (Å²) in [4.78, 5) is 7.68.